The lowest BCUT2D eigenvalue weighted by Gasteiger charge is -2.30. The van der Waals surface area contributed by atoms with E-state index >= 15 is 0 Å². The number of anilines is 1. The molecule has 2 aromatic rings. The molecule has 0 aliphatic carbocycles. The van der Waals surface area contributed by atoms with Crippen LogP contribution >= 0.6 is 0 Å². The summed E-state index contributed by atoms with van der Waals surface area (Å²) >= 11 is 0. The number of aromatic nitrogens is 1. The molecule has 2 heterocycles. The Hall–Kier alpha value is -1.89. The molecule has 3 rings (SSSR count). The van der Waals surface area contributed by atoms with Gasteiger partial charge in [0.15, 0.2) is 0 Å². The SMILES string of the molecule is Fc1cccc2c(N3CCNCC3)cc(C(F)(F)F)nc12. The van der Waals surface area contributed by atoms with E-state index in [1.54, 1.807) is 6.07 Å². The van der Waals surface area contributed by atoms with Gasteiger partial charge in [-0.1, -0.05) is 12.1 Å². The Balaban J connectivity index is 2.22. The van der Waals surface area contributed by atoms with Crippen molar-refractivity contribution in [1.29, 1.82) is 0 Å². The van der Waals surface area contributed by atoms with Crippen LogP contribution in [0.4, 0.5) is 23.2 Å². The predicted molar refractivity (Wildman–Crippen MR) is 71.8 cm³/mol. The maximum Gasteiger partial charge on any atom is 0.433 e. The molecule has 0 amide bonds. The van der Waals surface area contributed by atoms with Crippen LogP contribution in [0.5, 0.6) is 0 Å². The highest BCUT2D eigenvalue weighted by Gasteiger charge is 2.34. The molecule has 0 spiro atoms. The number of halogens is 4. The topological polar surface area (TPSA) is 28.2 Å². The fourth-order valence-corrected chi connectivity index (χ4v) is 2.51. The van der Waals surface area contributed by atoms with E-state index in [4.69, 9.17) is 0 Å². The Labute approximate surface area is 118 Å². The average molecular weight is 299 g/mol. The van der Waals surface area contributed by atoms with E-state index < -0.39 is 17.7 Å². The van der Waals surface area contributed by atoms with E-state index in [0.717, 1.165) is 12.1 Å². The van der Waals surface area contributed by atoms with Crippen LogP contribution in [0.25, 0.3) is 10.9 Å². The van der Waals surface area contributed by atoms with Gasteiger partial charge in [0, 0.05) is 37.3 Å². The number of nitrogens with one attached hydrogen (secondary N) is 1. The van der Waals surface area contributed by atoms with Crippen molar-refractivity contribution < 1.29 is 17.6 Å². The summed E-state index contributed by atoms with van der Waals surface area (Å²) in [7, 11) is 0. The van der Waals surface area contributed by atoms with E-state index in [0.29, 0.717) is 37.3 Å². The van der Waals surface area contributed by atoms with Crippen LogP contribution in [-0.2, 0) is 6.18 Å². The maximum atomic E-state index is 13.8. The Morgan fingerprint density at radius 2 is 1.86 bits per heavy atom. The van der Waals surface area contributed by atoms with E-state index in [9.17, 15) is 17.6 Å². The van der Waals surface area contributed by atoms with Gasteiger partial charge in [-0.25, -0.2) is 9.37 Å². The first kappa shape index (κ1) is 14.1. The van der Waals surface area contributed by atoms with Gasteiger partial charge in [0.2, 0.25) is 0 Å². The summed E-state index contributed by atoms with van der Waals surface area (Å²) in [5.74, 6) is -0.741. The van der Waals surface area contributed by atoms with Crippen molar-refractivity contribution in [2.45, 2.75) is 6.18 Å². The first-order valence-corrected chi connectivity index (χ1v) is 6.59. The summed E-state index contributed by atoms with van der Waals surface area (Å²) < 4.78 is 52.8. The van der Waals surface area contributed by atoms with Gasteiger partial charge in [-0.15, -0.1) is 0 Å². The van der Waals surface area contributed by atoms with Gasteiger partial charge < -0.3 is 10.2 Å². The maximum absolute atomic E-state index is 13.8. The normalized spacial score (nSPS) is 16.5. The second-order valence-electron chi connectivity index (χ2n) is 4.90. The van der Waals surface area contributed by atoms with Gasteiger partial charge >= 0.3 is 6.18 Å². The summed E-state index contributed by atoms with van der Waals surface area (Å²) in [6, 6.07) is 5.21. The third-order valence-corrected chi connectivity index (χ3v) is 3.52. The van der Waals surface area contributed by atoms with Gasteiger partial charge in [0.1, 0.15) is 17.0 Å². The summed E-state index contributed by atoms with van der Waals surface area (Å²) in [4.78, 5) is 5.29. The average Bonchev–Trinajstić information content (AvgIpc) is 2.47. The number of hydrogen-bond donors (Lipinski definition) is 1. The third-order valence-electron chi connectivity index (χ3n) is 3.52. The second-order valence-corrected chi connectivity index (χ2v) is 4.90. The lowest BCUT2D eigenvalue weighted by Crippen LogP contribution is -2.43. The molecule has 1 N–H and O–H groups in total. The van der Waals surface area contributed by atoms with Crippen LogP contribution in [0.2, 0.25) is 0 Å². The zero-order valence-electron chi connectivity index (χ0n) is 11.0. The molecule has 0 unspecified atom stereocenters. The molecule has 0 bridgehead atoms. The third kappa shape index (κ3) is 2.65. The number of fused-ring (bicyclic) bond motifs is 1. The second kappa shape index (κ2) is 5.14. The highest BCUT2D eigenvalue weighted by molar-refractivity contribution is 5.92. The van der Waals surface area contributed by atoms with Gasteiger partial charge in [0.25, 0.3) is 0 Å². The van der Waals surface area contributed by atoms with E-state index in [-0.39, 0.29) is 5.52 Å². The summed E-state index contributed by atoms with van der Waals surface area (Å²) in [5.41, 5.74) is -0.914. The predicted octanol–water partition coefficient (Wildman–Crippen LogP) is 2.80. The smallest absolute Gasteiger partial charge is 0.368 e. The number of hydrogen-bond acceptors (Lipinski definition) is 3. The number of rotatable bonds is 1. The van der Waals surface area contributed by atoms with Crippen LogP contribution in [0, 0.1) is 5.82 Å². The molecule has 1 fully saturated rings. The fourth-order valence-electron chi connectivity index (χ4n) is 2.51. The molecule has 3 nitrogen and oxygen atoms in total. The molecule has 21 heavy (non-hydrogen) atoms. The summed E-state index contributed by atoms with van der Waals surface area (Å²) in [5, 5.41) is 3.54. The molecule has 1 aliphatic rings. The molecule has 0 radical (unpaired) electrons. The van der Waals surface area contributed by atoms with Crippen molar-refractivity contribution in [2.24, 2.45) is 0 Å². The highest BCUT2D eigenvalue weighted by atomic mass is 19.4. The zero-order valence-corrected chi connectivity index (χ0v) is 11.0. The summed E-state index contributed by atoms with van der Waals surface area (Å²) in [6.45, 7) is 2.51. The Morgan fingerprint density at radius 1 is 1.14 bits per heavy atom. The number of para-hydroxylation sites is 1. The molecule has 0 atom stereocenters. The lowest BCUT2D eigenvalue weighted by molar-refractivity contribution is -0.140. The highest BCUT2D eigenvalue weighted by Crippen LogP contribution is 2.35. The molecular formula is C14H13F4N3. The molecule has 1 aromatic carbocycles. The quantitative estimate of drug-likeness (QED) is 0.821. The minimum Gasteiger partial charge on any atom is -0.368 e. The van der Waals surface area contributed by atoms with Gasteiger partial charge in [0.05, 0.1) is 0 Å². The largest absolute Gasteiger partial charge is 0.433 e. The Morgan fingerprint density at radius 3 is 2.52 bits per heavy atom. The number of benzene rings is 1. The van der Waals surface area contributed by atoms with Crippen molar-refractivity contribution in [2.75, 3.05) is 31.1 Å². The lowest BCUT2D eigenvalue weighted by atomic mass is 10.1. The molecule has 1 aliphatic heterocycles. The van der Waals surface area contributed by atoms with Crippen molar-refractivity contribution in [3.05, 3.63) is 35.8 Å². The van der Waals surface area contributed by atoms with Crippen molar-refractivity contribution in [1.82, 2.24) is 10.3 Å². The van der Waals surface area contributed by atoms with E-state index in [1.165, 1.54) is 6.07 Å². The van der Waals surface area contributed by atoms with Crippen LogP contribution in [0.15, 0.2) is 24.3 Å². The zero-order chi connectivity index (χ0) is 15.0. The molecule has 1 saturated heterocycles. The fraction of sp³-hybridized carbons (Fsp3) is 0.357. The standard InChI is InChI=1S/C14H13F4N3/c15-10-3-1-2-9-11(21-6-4-19-5-7-21)8-12(14(16,17)18)20-13(9)10/h1-3,8,19H,4-7H2. The van der Waals surface area contributed by atoms with Crippen molar-refractivity contribution in [3.8, 4) is 0 Å². The van der Waals surface area contributed by atoms with E-state index in [2.05, 4.69) is 10.3 Å². The van der Waals surface area contributed by atoms with E-state index in [1.807, 2.05) is 4.90 Å². The monoisotopic (exact) mass is 299 g/mol. The molecular weight excluding hydrogens is 286 g/mol. The minimum atomic E-state index is -4.60. The van der Waals surface area contributed by atoms with Crippen LogP contribution < -0.4 is 10.2 Å². The number of alkyl halides is 3. The molecule has 0 saturated carbocycles. The molecule has 7 heteroatoms. The minimum absolute atomic E-state index is 0.235. The van der Waals surface area contributed by atoms with Gasteiger partial charge in [-0.3, -0.25) is 0 Å². The first-order valence-electron chi connectivity index (χ1n) is 6.59. The van der Waals surface area contributed by atoms with Crippen molar-refractivity contribution in [3.63, 3.8) is 0 Å². The molecule has 1 aromatic heterocycles. The van der Waals surface area contributed by atoms with Gasteiger partial charge in [-0.2, -0.15) is 13.2 Å². The van der Waals surface area contributed by atoms with Crippen LogP contribution in [0.1, 0.15) is 5.69 Å². The first-order chi connectivity index (χ1) is 9.97. The number of nitrogens with zero attached hydrogens (tertiary/aromatic N) is 2. The van der Waals surface area contributed by atoms with Crippen molar-refractivity contribution >= 4 is 16.6 Å². The van der Waals surface area contributed by atoms with Crippen LogP contribution in [0.3, 0.4) is 0 Å². The summed E-state index contributed by atoms with van der Waals surface area (Å²) in [6.07, 6.45) is -4.60. The Kier molecular flexibility index (Phi) is 3.44. The van der Waals surface area contributed by atoms with Gasteiger partial charge in [-0.05, 0) is 12.1 Å². The van der Waals surface area contributed by atoms with Crippen LogP contribution in [-0.4, -0.2) is 31.2 Å². The number of piperazine rings is 1. The number of pyridine rings is 1. The molecule has 112 valence electrons. The Bertz CT molecular complexity index is 663.